The van der Waals surface area contributed by atoms with Crippen LogP contribution in [0.4, 0.5) is 5.69 Å². The van der Waals surface area contributed by atoms with E-state index in [1.54, 1.807) is 0 Å². The van der Waals surface area contributed by atoms with E-state index in [9.17, 15) is 4.79 Å². The number of carbonyl (C=O) groups excluding carboxylic acids is 1. The van der Waals surface area contributed by atoms with Crippen molar-refractivity contribution in [3.05, 3.63) is 60.4 Å². The maximum atomic E-state index is 11.8. The summed E-state index contributed by atoms with van der Waals surface area (Å²) in [7, 11) is 0. The highest BCUT2D eigenvalue weighted by Crippen LogP contribution is 2.30. The van der Waals surface area contributed by atoms with Gasteiger partial charge in [0.25, 0.3) is 0 Å². The number of hydrogen-bond acceptors (Lipinski definition) is 2. The first-order valence-corrected chi connectivity index (χ1v) is 8.09. The van der Waals surface area contributed by atoms with Crippen LogP contribution in [-0.4, -0.2) is 15.5 Å². The third kappa shape index (κ3) is 3.11. The number of nitrogens with zero attached hydrogens (tertiary/aromatic N) is 2. The summed E-state index contributed by atoms with van der Waals surface area (Å²) in [5.74, 6) is 0.349. The predicted octanol–water partition coefficient (Wildman–Crippen LogP) is 3.63. The molecule has 1 aliphatic carbocycles. The standard InChI is InChI=1S/C19H19N3O/c23-19(15-6-7-15)21-16-8-9-18-17(12-16)20-13-22(18)11-10-14-4-2-1-3-5-14/h1-5,8-9,12-13,15H,6-7,10-11H2,(H,21,23). The second kappa shape index (κ2) is 5.88. The van der Waals surface area contributed by atoms with Crippen LogP contribution in [0.1, 0.15) is 18.4 Å². The highest BCUT2D eigenvalue weighted by atomic mass is 16.2. The van der Waals surface area contributed by atoms with Gasteiger partial charge >= 0.3 is 0 Å². The Balaban J connectivity index is 1.49. The van der Waals surface area contributed by atoms with Crippen molar-refractivity contribution in [3.8, 4) is 0 Å². The molecule has 4 heteroatoms. The summed E-state index contributed by atoms with van der Waals surface area (Å²) in [6.45, 7) is 0.897. The Hall–Kier alpha value is -2.62. The molecular weight excluding hydrogens is 286 g/mol. The molecule has 1 amide bonds. The molecule has 0 atom stereocenters. The Labute approximate surface area is 135 Å². The van der Waals surface area contributed by atoms with Gasteiger partial charge in [-0.1, -0.05) is 30.3 Å². The van der Waals surface area contributed by atoms with E-state index in [0.717, 1.165) is 42.5 Å². The highest BCUT2D eigenvalue weighted by molar-refractivity contribution is 5.95. The quantitative estimate of drug-likeness (QED) is 0.782. The third-order valence-corrected chi connectivity index (χ3v) is 4.32. The third-order valence-electron chi connectivity index (χ3n) is 4.32. The van der Waals surface area contributed by atoms with Crippen molar-refractivity contribution < 1.29 is 4.79 Å². The molecule has 1 saturated carbocycles. The Morgan fingerprint density at radius 2 is 2.00 bits per heavy atom. The van der Waals surface area contributed by atoms with Gasteiger partial charge in [-0.3, -0.25) is 4.79 Å². The van der Waals surface area contributed by atoms with Crippen LogP contribution in [0.25, 0.3) is 11.0 Å². The van der Waals surface area contributed by atoms with Crippen molar-refractivity contribution in [2.75, 3.05) is 5.32 Å². The smallest absolute Gasteiger partial charge is 0.227 e. The van der Waals surface area contributed by atoms with E-state index in [-0.39, 0.29) is 11.8 Å². The van der Waals surface area contributed by atoms with Crippen LogP contribution in [0.3, 0.4) is 0 Å². The molecule has 2 aromatic carbocycles. The molecule has 0 unspecified atom stereocenters. The first kappa shape index (κ1) is 14.0. The van der Waals surface area contributed by atoms with Gasteiger partial charge in [-0.2, -0.15) is 0 Å². The summed E-state index contributed by atoms with van der Waals surface area (Å²) >= 11 is 0. The number of benzene rings is 2. The summed E-state index contributed by atoms with van der Waals surface area (Å²) in [5.41, 5.74) is 4.18. The second-order valence-electron chi connectivity index (χ2n) is 6.14. The predicted molar refractivity (Wildman–Crippen MR) is 91.2 cm³/mol. The summed E-state index contributed by atoms with van der Waals surface area (Å²) < 4.78 is 2.16. The average molecular weight is 305 g/mol. The zero-order valence-corrected chi connectivity index (χ0v) is 12.9. The number of carbonyl (C=O) groups is 1. The number of fused-ring (bicyclic) bond motifs is 1. The summed E-state index contributed by atoms with van der Waals surface area (Å²) in [5, 5.41) is 2.97. The van der Waals surface area contributed by atoms with Gasteiger partial charge in [-0.15, -0.1) is 0 Å². The largest absolute Gasteiger partial charge is 0.330 e. The van der Waals surface area contributed by atoms with Crippen LogP contribution in [0.5, 0.6) is 0 Å². The van der Waals surface area contributed by atoms with E-state index in [4.69, 9.17) is 0 Å². The normalized spacial score (nSPS) is 14.1. The molecular formula is C19H19N3O. The van der Waals surface area contributed by atoms with Crippen molar-refractivity contribution >= 4 is 22.6 Å². The Bertz CT molecular complexity index is 834. The molecule has 1 fully saturated rings. The minimum atomic E-state index is 0.132. The number of rotatable bonds is 5. The van der Waals surface area contributed by atoms with E-state index in [2.05, 4.69) is 39.1 Å². The Kier molecular flexibility index (Phi) is 3.58. The molecule has 1 heterocycles. The minimum Gasteiger partial charge on any atom is -0.330 e. The Morgan fingerprint density at radius 3 is 2.78 bits per heavy atom. The lowest BCUT2D eigenvalue weighted by Crippen LogP contribution is -2.13. The van der Waals surface area contributed by atoms with E-state index in [1.165, 1.54) is 5.56 Å². The number of amides is 1. The molecule has 0 saturated heterocycles. The number of hydrogen-bond donors (Lipinski definition) is 1. The number of imidazole rings is 1. The SMILES string of the molecule is O=C(Nc1ccc2c(c1)ncn2CCc1ccccc1)C1CC1. The number of nitrogens with one attached hydrogen (secondary N) is 1. The zero-order chi connectivity index (χ0) is 15.6. The molecule has 1 aliphatic rings. The maximum absolute atomic E-state index is 11.8. The molecule has 0 spiro atoms. The van der Waals surface area contributed by atoms with Crippen LogP contribution < -0.4 is 5.32 Å². The van der Waals surface area contributed by atoms with Crippen LogP contribution >= 0.6 is 0 Å². The fourth-order valence-corrected chi connectivity index (χ4v) is 2.80. The van der Waals surface area contributed by atoms with Gasteiger partial charge in [-0.05, 0) is 43.0 Å². The molecule has 0 radical (unpaired) electrons. The van der Waals surface area contributed by atoms with E-state index in [0.29, 0.717) is 0 Å². The van der Waals surface area contributed by atoms with Crippen molar-refractivity contribution in [2.45, 2.75) is 25.8 Å². The molecule has 3 aromatic rings. The minimum absolute atomic E-state index is 0.132. The topological polar surface area (TPSA) is 46.9 Å². The molecule has 4 nitrogen and oxygen atoms in total. The van der Waals surface area contributed by atoms with Crippen LogP contribution in [-0.2, 0) is 17.8 Å². The first-order chi connectivity index (χ1) is 11.3. The summed E-state index contributed by atoms with van der Waals surface area (Å²) in [6.07, 6.45) is 4.89. The molecule has 4 rings (SSSR count). The lowest BCUT2D eigenvalue weighted by Gasteiger charge is -2.06. The maximum Gasteiger partial charge on any atom is 0.227 e. The van der Waals surface area contributed by atoms with Crippen molar-refractivity contribution in [2.24, 2.45) is 5.92 Å². The molecule has 116 valence electrons. The van der Waals surface area contributed by atoms with Gasteiger partial charge in [0.1, 0.15) is 0 Å². The van der Waals surface area contributed by atoms with Gasteiger partial charge in [0.15, 0.2) is 0 Å². The fourth-order valence-electron chi connectivity index (χ4n) is 2.80. The van der Waals surface area contributed by atoms with Crippen molar-refractivity contribution in [1.82, 2.24) is 9.55 Å². The number of aryl methyl sites for hydroxylation is 2. The molecule has 0 aliphatic heterocycles. The first-order valence-electron chi connectivity index (χ1n) is 8.09. The second-order valence-corrected chi connectivity index (χ2v) is 6.14. The van der Waals surface area contributed by atoms with Crippen LogP contribution in [0.15, 0.2) is 54.9 Å². The van der Waals surface area contributed by atoms with Gasteiger partial charge in [0, 0.05) is 18.2 Å². The van der Waals surface area contributed by atoms with Crippen LogP contribution in [0.2, 0.25) is 0 Å². The summed E-state index contributed by atoms with van der Waals surface area (Å²) in [4.78, 5) is 16.3. The summed E-state index contributed by atoms with van der Waals surface area (Å²) in [6, 6.07) is 16.4. The monoisotopic (exact) mass is 305 g/mol. The molecule has 1 aromatic heterocycles. The van der Waals surface area contributed by atoms with E-state index < -0.39 is 0 Å². The fraction of sp³-hybridized carbons (Fsp3) is 0.263. The Morgan fingerprint density at radius 1 is 1.17 bits per heavy atom. The number of aromatic nitrogens is 2. The lowest BCUT2D eigenvalue weighted by molar-refractivity contribution is -0.117. The van der Waals surface area contributed by atoms with Gasteiger partial charge < -0.3 is 9.88 Å². The van der Waals surface area contributed by atoms with E-state index >= 15 is 0 Å². The van der Waals surface area contributed by atoms with Gasteiger partial charge in [-0.25, -0.2) is 4.98 Å². The average Bonchev–Trinajstić information content (AvgIpc) is 3.36. The van der Waals surface area contributed by atoms with E-state index in [1.807, 2.05) is 30.6 Å². The molecule has 0 bridgehead atoms. The van der Waals surface area contributed by atoms with Gasteiger partial charge in [0.05, 0.1) is 17.4 Å². The van der Waals surface area contributed by atoms with Crippen molar-refractivity contribution in [3.63, 3.8) is 0 Å². The highest BCUT2D eigenvalue weighted by Gasteiger charge is 2.29. The van der Waals surface area contributed by atoms with Crippen molar-refractivity contribution in [1.29, 1.82) is 0 Å². The lowest BCUT2D eigenvalue weighted by atomic mass is 10.1. The molecule has 1 N–H and O–H groups in total. The molecule has 23 heavy (non-hydrogen) atoms. The zero-order valence-electron chi connectivity index (χ0n) is 12.9. The van der Waals surface area contributed by atoms with Gasteiger partial charge in [0.2, 0.25) is 5.91 Å². The van der Waals surface area contributed by atoms with Crippen LogP contribution in [0, 0.1) is 5.92 Å². The number of anilines is 1.